The number of para-hydroxylation sites is 1. The first-order valence-corrected chi connectivity index (χ1v) is 8.36. The van der Waals surface area contributed by atoms with Gasteiger partial charge in [-0.15, -0.1) is 0 Å². The van der Waals surface area contributed by atoms with Crippen LogP contribution in [0.25, 0.3) is 0 Å². The predicted octanol–water partition coefficient (Wildman–Crippen LogP) is 3.32. The smallest absolute Gasteiger partial charge is 0.128 e. The van der Waals surface area contributed by atoms with E-state index in [-0.39, 0.29) is 11.6 Å². The molecule has 0 radical (unpaired) electrons. The van der Waals surface area contributed by atoms with E-state index in [9.17, 15) is 0 Å². The van der Waals surface area contributed by atoms with E-state index in [0.29, 0.717) is 12.6 Å². The molecular formula is C18H28N2O. The van der Waals surface area contributed by atoms with Gasteiger partial charge in [0.1, 0.15) is 11.4 Å². The van der Waals surface area contributed by atoms with Crippen LogP contribution in [0, 0.1) is 0 Å². The molecule has 3 N–H and O–H groups in total. The maximum atomic E-state index is 6.20. The van der Waals surface area contributed by atoms with Gasteiger partial charge in [-0.3, -0.25) is 0 Å². The van der Waals surface area contributed by atoms with Crippen LogP contribution in [0.15, 0.2) is 18.2 Å². The number of hydrogen-bond acceptors (Lipinski definition) is 3. The van der Waals surface area contributed by atoms with E-state index in [1.807, 2.05) is 0 Å². The van der Waals surface area contributed by atoms with Gasteiger partial charge in [0.05, 0.1) is 0 Å². The molecule has 1 heterocycles. The Bertz CT molecular complexity index is 492. The highest BCUT2D eigenvalue weighted by Crippen LogP contribution is 2.40. The van der Waals surface area contributed by atoms with E-state index in [4.69, 9.17) is 10.5 Å². The number of ether oxygens (including phenoxy) is 1. The zero-order valence-corrected chi connectivity index (χ0v) is 13.3. The van der Waals surface area contributed by atoms with Crippen molar-refractivity contribution in [2.24, 2.45) is 5.73 Å². The Kier molecular flexibility index (Phi) is 4.23. The van der Waals surface area contributed by atoms with Crippen LogP contribution in [0.5, 0.6) is 5.75 Å². The lowest BCUT2D eigenvalue weighted by Gasteiger charge is -2.29. The van der Waals surface area contributed by atoms with Crippen LogP contribution in [-0.4, -0.2) is 18.2 Å². The molecule has 0 aromatic heterocycles. The van der Waals surface area contributed by atoms with Gasteiger partial charge in [0.2, 0.25) is 0 Å². The van der Waals surface area contributed by atoms with E-state index < -0.39 is 0 Å². The molecule has 1 aromatic carbocycles. The number of nitrogens with two attached hydrogens (primary N) is 1. The Labute approximate surface area is 128 Å². The molecule has 1 saturated carbocycles. The first-order valence-electron chi connectivity index (χ1n) is 8.36. The molecule has 1 fully saturated rings. The van der Waals surface area contributed by atoms with Crippen molar-refractivity contribution in [3.63, 3.8) is 0 Å². The van der Waals surface area contributed by atoms with Crippen molar-refractivity contribution in [2.75, 3.05) is 6.54 Å². The van der Waals surface area contributed by atoms with Crippen LogP contribution in [-0.2, 0) is 6.42 Å². The van der Waals surface area contributed by atoms with Gasteiger partial charge in [0.15, 0.2) is 0 Å². The van der Waals surface area contributed by atoms with Gasteiger partial charge < -0.3 is 15.8 Å². The number of benzene rings is 1. The molecule has 1 aliphatic heterocycles. The minimum absolute atomic E-state index is 0.0948. The van der Waals surface area contributed by atoms with Crippen molar-refractivity contribution < 1.29 is 4.74 Å². The summed E-state index contributed by atoms with van der Waals surface area (Å²) in [5, 5.41) is 3.77. The van der Waals surface area contributed by atoms with Crippen LogP contribution in [0.3, 0.4) is 0 Å². The standard InChI is InChI=1S/C18H28N2O/c1-18(2)11-13-7-6-10-15(17(13)21-18)16(12-19)20-14-8-4-3-5-9-14/h6-7,10,14,16,20H,3-5,8-9,11-12,19H2,1-2H3. The SMILES string of the molecule is CC1(C)Cc2cccc(C(CN)NC3CCCCC3)c2O1. The topological polar surface area (TPSA) is 47.3 Å². The summed E-state index contributed by atoms with van der Waals surface area (Å²) in [5.41, 5.74) is 8.53. The van der Waals surface area contributed by atoms with E-state index in [1.54, 1.807) is 0 Å². The Morgan fingerprint density at radius 2 is 2.05 bits per heavy atom. The molecular weight excluding hydrogens is 260 g/mol. The highest BCUT2D eigenvalue weighted by Gasteiger charge is 2.33. The van der Waals surface area contributed by atoms with E-state index in [1.165, 1.54) is 43.2 Å². The lowest BCUT2D eigenvalue weighted by atomic mass is 9.93. The van der Waals surface area contributed by atoms with Gasteiger partial charge in [-0.25, -0.2) is 0 Å². The van der Waals surface area contributed by atoms with Gasteiger partial charge in [-0.2, -0.15) is 0 Å². The molecule has 3 heteroatoms. The second kappa shape index (κ2) is 5.98. The number of hydrogen-bond donors (Lipinski definition) is 2. The van der Waals surface area contributed by atoms with Crippen LogP contribution in [0.1, 0.15) is 63.1 Å². The summed E-state index contributed by atoms with van der Waals surface area (Å²) in [6.45, 7) is 4.93. The molecule has 0 saturated heterocycles. The quantitative estimate of drug-likeness (QED) is 0.893. The summed E-state index contributed by atoms with van der Waals surface area (Å²) in [6, 6.07) is 7.31. The fourth-order valence-corrected chi connectivity index (χ4v) is 3.75. The highest BCUT2D eigenvalue weighted by molar-refractivity contribution is 5.47. The van der Waals surface area contributed by atoms with Gasteiger partial charge in [-0.1, -0.05) is 37.5 Å². The molecule has 1 aromatic rings. The third-order valence-corrected chi connectivity index (χ3v) is 4.77. The molecule has 1 atom stereocenters. The highest BCUT2D eigenvalue weighted by atomic mass is 16.5. The van der Waals surface area contributed by atoms with Crippen LogP contribution in [0.4, 0.5) is 0 Å². The molecule has 0 bridgehead atoms. The third kappa shape index (κ3) is 3.24. The van der Waals surface area contributed by atoms with Crippen molar-refractivity contribution in [1.82, 2.24) is 5.32 Å². The number of nitrogens with one attached hydrogen (secondary N) is 1. The first-order chi connectivity index (χ1) is 10.1. The van der Waals surface area contributed by atoms with Crippen molar-refractivity contribution in [2.45, 2.75) is 70.1 Å². The predicted molar refractivity (Wildman–Crippen MR) is 86.7 cm³/mol. The Balaban J connectivity index is 1.80. The average Bonchev–Trinajstić information content (AvgIpc) is 2.79. The summed E-state index contributed by atoms with van der Waals surface area (Å²) < 4.78 is 6.20. The van der Waals surface area contributed by atoms with Crippen LogP contribution >= 0.6 is 0 Å². The average molecular weight is 288 g/mol. The second-order valence-electron chi connectivity index (χ2n) is 7.16. The van der Waals surface area contributed by atoms with E-state index in [0.717, 1.165) is 12.2 Å². The molecule has 1 aliphatic carbocycles. The molecule has 0 amide bonds. The second-order valence-corrected chi connectivity index (χ2v) is 7.16. The number of fused-ring (bicyclic) bond motifs is 1. The molecule has 0 spiro atoms. The molecule has 116 valence electrons. The lowest BCUT2D eigenvalue weighted by molar-refractivity contribution is 0.136. The third-order valence-electron chi connectivity index (χ3n) is 4.77. The maximum absolute atomic E-state index is 6.20. The summed E-state index contributed by atoms with van der Waals surface area (Å²) in [5.74, 6) is 1.07. The van der Waals surface area contributed by atoms with Crippen LogP contribution < -0.4 is 15.8 Å². The van der Waals surface area contributed by atoms with Crippen LogP contribution in [0.2, 0.25) is 0 Å². The Morgan fingerprint density at radius 3 is 2.76 bits per heavy atom. The normalized spacial score (nSPS) is 22.6. The van der Waals surface area contributed by atoms with Gasteiger partial charge in [0, 0.05) is 30.6 Å². The molecule has 21 heavy (non-hydrogen) atoms. The minimum atomic E-state index is -0.0948. The maximum Gasteiger partial charge on any atom is 0.128 e. The zero-order valence-electron chi connectivity index (χ0n) is 13.3. The van der Waals surface area contributed by atoms with E-state index >= 15 is 0 Å². The zero-order chi connectivity index (χ0) is 14.9. The van der Waals surface area contributed by atoms with E-state index in [2.05, 4.69) is 37.4 Å². The Hall–Kier alpha value is -1.06. The molecule has 3 rings (SSSR count). The molecule has 1 unspecified atom stereocenters. The summed E-state index contributed by atoms with van der Waals surface area (Å²) in [7, 11) is 0. The summed E-state index contributed by atoms with van der Waals surface area (Å²) in [6.07, 6.45) is 7.59. The van der Waals surface area contributed by atoms with Crippen molar-refractivity contribution in [1.29, 1.82) is 0 Å². The summed E-state index contributed by atoms with van der Waals surface area (Å²) >= 11 is 0. The minimum Gasteiger partial charge on any atom is -0.487 e. The van der Waals surface area contributed by atoms with Crippen molar-refractivity contribution in [3.8, 4) is 5.75 Å². The van der Waals surface area contributed by atoms with Gasteiger partial charge >= 0.3 is 0 Å². The van der Waals surface area contributed by atoms with Crippen molar-refractivity contribution in [3.05, 3.63) is 29.3 Å². The number of rotatable bonds is 4. The first kappa shape index (κ1) is 14.9. The fraction of sp³-hybridized carbons (Fsp3) is 0.667. The monoisotopic (exact) mass is 288 g/mol. The van der Waals surface area contributed by atoms with Crippen molar-refractivity contribution >= 4 is 0 Å². The van der Waals surface area contributed by atoms with Gasteiger partial charge in [0.25, 0.3) is 0 Å². The fourth-order valence-electron chi connectivity index (χ4n) is 3.75. The summed E-state index contributed by atoms with van der Waals surface area (Å²) in [4.78, 5) is 0. The van der Waals surface area contributed by atoms with Gasteiger partial charge in [-0.05, 0) is 32.3 Å². The largest absolute Gasteiger partial charge is 0.487 e. The lowest BCUT2D eigenvalue weighted by Crippen LogP contribution is -2.38. The molecule has 2 aliphatic rings. The Morgan fingerprint density at radius 1 is 1.29 bits per heavy atom. The molecule has 3 nitrogen and oxygen atoms in total.